The first-order chi connectivity index (χ1) is 8.60. The van der Waals surface area contributed by atoms with E-state index in [4.69, 9.17) is 5.11 Å². The molecule has 0 atom stereocenters. The van der Waals surface area contributed by atoms with Crippen LogP contribution in [-0.4, -0.2) is 28.7 Å². The lowest BCUT2D eigenvalue weighted by Crippen LogP contribution is -2.58. The van der Waals surface area contributed by atoms with Gasteiger partial charge in [-0.25, -0.2) is 4.79 Å². The zero-order valence-electron chi connectivity index (χ0n) is 10.7. The van der Waals surface area contributed by atoms with Gasteiger partial charge < -0.3 is 15.7 Å². The number of hydrogen-bond acceptors (Lipinski definition) is 2. The van der Waals surface area contributed by atoms with E-state index in [0.717, 1.165) is 32.1 Å². The molecule has 3 N–H and O–H groups in total. The Balaban J connectivity index is 1.80. The molecule has 2 aliphatic rings. The van der Waals surface area contributed by atoms with Crippen LogP contribution in [0, 0.1) is 0 Å². The van der Waals surface area contributed by atoms with Crippen LogP contribution < -0.4 is 10.6 Å². The Morgan fingerprint density at radius 3 is 2.28 bits per heavy atom. The number of hydrogen-bond donors (Lipinski definition) is 3. The number of carboxylic acids is 1. The van der Waals surface area contributed by atoms with Gasteiger partial charge in [-0.2, -0.15) is 0 Å². The van der Waals surface area contributed by atoms with Gasteiger partial charge in [0, 0.05) is 6.04 Å². The molecule has 0 aromatic carbocycles. The van der Waals surface area contributed by atoms with E-state index in [-0.39, 0.29) is 18.5 Å². The molecule has 18 heavy (non-hydrogen) atoms. The Morgan fingerprint density at radius 2 is 1.78 bits per heavy atom. The van der Waals surface area contributed by atoms with Crippen LogP contribution in [0.5, 0.6) is 0 Å². The fourth-order valence-electron chi connectivity index (χ4n) is 2.95. The zero-order valence-corrected chi connectivity index (χ0v) is 10.7. The summed E-state index contributed by atoms with van der Waals surface area (Å²) in [6.45, 7) is 0. The third-order valence-corrected chi connectivity index (χ3v) is 4.12. The predicted molar refractivity (Wildman–Crippen MR) is 67.4 cm³/mol. The second-order valence-electron chi connectivity index (χ2n) is 5.64. The molecule has 2 amide bonds. The van der Waals surface area contributed by atoms with Gasteiger partial charge >= 0.3 is 12.0 Å². The van der Waals surface area contributed by atoms with E-state index >= 15 is 0 Å². The number of nitrogens with one attached hydrogen (secondary N) is 2. The van der Waals surface area contributed by atoms with Crippen molar-refractivity contribution in [3.63, 3.8) is 0 Å². The van der Waals surface area contributed by atoms with E-state index in [1.807, 2.05) is 0 Å². The summed E-state index contributed by atoms with van der Waals surface area (Å²) in [6, 6.07) is 0.0727. The number of urea groups is 1. The third kappa shape index (κ3) is 3.37. The van der Waals surface area contributed by atoms with E-state index in [9.17, 15) is 9.59 Å². The largest absolute Gasteiger partial charge is 0.481 e. The molecule has 0 saturated heterocycles. The first kappa shape index (κ1) is 13.2. The van der Waals surface area contributed by atoms with E-state index in [1.54, 1.807) is 0 Å². The summed E-state index contributed by atoms with van der Waals surface area (Å²) in [5.41, 5.74) is -0.495. The molecule has 0 aliphatic heterocycles. The molecule has 0 aromatic rings. The summed E-state index contributed by atoms with van der Waals surface area (Å²) in [5, 5.41) is 14.7. The summed E-state index contributed by atoms with van der Waals surface area (Å²) in [4.78, 5) is 22.7. The molecule has 0 bridgehead atoms. The maximum atomic E-state index is 11.9. The van der Waals surface area contributed by atoms with Crippen LogP contribution in [0.1, 0.15) is 57.8 Å². The van der Waals surface area contributed by atoms with Crippen molar-refractivity contribution in [2.24, 2.45) is 0 Å². The molecule has 102 valence electrons. The molecule has 5 nitrogen and oxygen atoms in total. The molecule has 2 aliphatic carbocycles. The van der Waals surface area contributed by atoms with Gasteiger partial charge in [0.1, 0.15) is 0 Å². The van der Waals surface area contributed by atoms with E-state index in [1.165, 1.54) is 19.3 Å². The van der Waals surface area contributed by atoms with Crippen molar-refractivity contribution in [1.29, 1.82) is 0 Å². The monoisotopic (exact) mass is 254 g/mol. The van der Waals surface area contributed by atoms with Gasteiger partial charge in [0.2, 0.25) is 0 Å². The minimum atomic E-state index is -0.840. The highest BCUT2D eigenvalue weighted by Crippen LogP contribution is 2.34. The molecule has 0 heterocycles. The van der Waals surface area contributed by atoms with Crippen LogP contribution in [0.2, 0.25) is 0 Å². The lowest BCUT2D eigenvalue weighted by atomic mass is 9.74. The molecule has 5 heteroatoms. The van der Waals surface area contributed by atoms with Crippen LogP contribution in [-0.2, 0) is 4.79 Å². The molecule has 0 unspecified atom stereocenters. The van der Waals surface area contributed by atoms with Crippen molar-refractivity contribution in [2.45, 2.75) is 69.4 Å². The Kier molecular flexibility index (Phi) is 4.09. The fraction of sp³-hybridized carbons (Fsp3) is 0.846. The molecular weight excluding hydrogens is 232 g/mol. The summed E-state index contributed by atoms with van der Waals surface area (Å²) < 4.78 is 0. The van der Waals surface area contributed by atoms with Crippen molar-refractivity contribution < 1.29 is 14.7 Å². The quantitative estimate of drug-likeness (QED) is 0.718. The molecule has 2 fully saturated rings. The average molecular weight is 254 g/mol. The lowest BCUT2D eigenvalue weighted by Gasteiger charge is -2.41. The first-order valence-corrected chi connectivity index (χ1v) is 6.90. The predicted octanol–water partition coefficient (Wildman–Crippen LogP) is 2.02. The summed E-state index contributed by atoms with van der Waals surface area (Å²) in [5.74, 6) is -0.840. The number of amides is 2. The van der Waals surface area contributed by atoms with Crippen LogP contribution in [0.3, 0.4) is 0 Å². The Hall–Kier alpha value is -1.26. The maximum Gasteiger partial charge on any atom is 0.315 e. The van der Waals surface area contributed by atoms with E-state index < -0.39 is 11.5 Å². The lowest BCUT2D eigenvalue weighted by molar-refractivity contribution is -0.139. The van der Waals surface area contributed by atoms with Crippen LogP contribution in [0.4, 0.5) is 4.79 Å². The number of rotatable bonds is 4. The highest BCUT2D eigenvalue weighted by Gasteiger charge is 2.40. The molecule has 2 rings (SSSR count). The topological polar surface area (TPSA) is 78.4 Å². The number of carbonyl (C=O) groups is 2. The summed E-state index contributed by atoms with van der Waals surface area (Å²) in [7, 11) is 0. The minimum Gasteiger partial charge on any atom is -0.481 e. The standard InChI is InChI=1S/C13H22N2O3/c16-11(17)9-13(7-4-8-13)15-12(18)14-10-5-2-1-3-6-10/h10H,1-9H2,(H,16,17)(H2,14,15,18). The smallest absolute Gasteiger partial charge is 0.315 e. The number of aliphatic carboxylic acids is 1. The van der Waals surface area contributed by atoms with E-state index in [0.29, 0.717) is 0 Å². The van der Waals surface area contributed by atoms with Gasteiger partial charge in [-0.3, -0.25) is 4.79 Å². The fourth-order valence-corrected chi connectivity index (χ4v) is 2.95. The molecule has 0 radical (unpaired) electrons. The van der Waals surface area contributed by atoms with Gasteiger partial charge in [-0.15, -0.1) is 0 Å². The zero-order chi connectivity index (χ0) is 13.0. The van der Waals surface area contributed by atoms with Crippen molar-refractivity contribution in [3.05, 3.63) is 0 Å². The maximum absolute atomic E-state index is 11.9. The molecule has 0 spiro atoms. The molecular formula is C13H22N2O3. The Labute approximate surface area is 107 Å². The van der Waals surface area contributed by atoms with Crippen molar-refractivity contribution >= 4 is 12.0 Å². The second kappa shape index (κ2) is 5.59. The SMILES string of the molecule is O=C(O)CC1(NC(=O)NC2CCCCC2)CCC1. The van der Waals surface area contributed by atoms with Crippen LogP contribution >= 0.6 is 0 Å². The summed E-state index contributed by atoms with van der Waals surface area (Å²) in [6.07, 6.45) is 8.26. The van der Waals surface area contributed by atoms with Crippen molar-refractivity contribution in [1.82, 2.24) is 10.6 Å². The highest BCUT2D eigenvalue weighted by atomic mass is 16.4. The first-order valence-electron chi connectivity index (χ1n) is 6.90. The molecule has 2 saturated carbocycles. The minimum absolute atomic E-state index is 0.0328. The van der Waals surface area contributed by atoms with Gasteiger partial charge in [0.25, 0.3) is 0 Å². The van der Waals surface area contributed by atoms with Crippen LogP contribution in [0.15, 0.2) is 0 Å². The normalized spacial score (nSPS) is 22.9. The van der Waals surface area contributed by atoms with Crippen molar-refractivity contribution in [3.8, 4) is 0 Å². The second-order valence-corrected chi connectivity index (χ2v) is 5.64. The van der Waals surface area contributed by atoms with Crippen molar-refractivity contribution in [2.75, 3.05) is 0 Å². The third-order valence-electron chi connectivity index (χ3n) is 4.12. The molecule has 0 aromatic heterocycles. The van der Waals surface area contributed by atoms with Crippen LogP contribution in [0.25, 0.3) is 0 Å². The highest BCUT2D eigenvalue weighted by molar-refractivity contribution is 5.77. The number of carbonyl (C=O) groups excluding carboxylic acids is 1. The van der Waals surface area contributed by atoms with Gasteiger partial charge in [-0.05, 0) is 32.1 Å². The summed E-state index contributed by atoms with van der Waals surface area (Å²) >= 11 is 0. The van der Waals surface area contributed by atoms with E-state index in [2.05, 4.69) is 10.6 Å². The van der Waals surface area contributed by atoms with Gasteiger partial charge in [-0.1, -0.05) is 19.3 Å². The Morgan fingerprint density at radius 1 is 1.11 bits per heavy atom. The van der Waals surface area contributed by atoms with Gasteiger partial charge in [0.05, 0.1) is 12.0 Å². The number of carboxylic acid groups (broad SMARTS) is 1. The average Bonchev–Trinajstić information content (AvgIpc) is 2.26. The van der Waals surface area contributed by atoms with Gasteiger partial charge in [0.15, 0.2) is 0 Å². The Bertz CT molecular complexity index is 320.